The van der Waals surface area contributed by atoms with Crippen molar-refractivity contribution in [3.05, 3.63) is 30.5 Å². The molecule has 1 saturated heterocycles. The van der Waals surface area contributed by atoms with Gasteiger partial charge in [-0.2, -0.15) is 0 Å². The predicted molar refractivity (Wildman–Crippen MR) is 101 cm³/mol. The van der Waals surface area contributed by atoms with Crippen LogP contribution in [0.3, 0.4) is 0 Å². The largest absolute Gasteiger partial charge is 0.356 e. The van der Waals surface area contributed by atoms with Crippen LogP contribution >= 0.6 is 0 Å². The molecule has 0 spiro atoms. The Labute approximate surface area is 157 Å². The molecule has 0 aromatic carbocycles. The molecular weight excluding hydrogens is 344 g/mol. The molecule has 0 saturated carbocycles. The maximum absolute atomic E-state index is 12.6. The summed E-state index contributed by atoms with van der Waals surface area (Å²) in [6.07, 6.45) is 6.81. The molecule has 3 aromatic rings. The first-order valence-electron chi connectivity index (χ1n) is 9.36. The number of piperidine rings is 1. The van der Waals surface area contributed by atoms with Gasteiger partial charge in [-0.25, -0.2) is 9.97 Å². The Morgan fingerprint density at radius 2 is 2.15 bits per heavy atom. The average Bonchev–Trinajstić information content (AvgIpc) is 3.27. The molecule has 27 heavy (non-hydrogen) atoms. The maximum Gasteiger partial charge on any atom is 0.224 e. The third-order valence-electron chi connectivity index (χ3n) is 5.44. The number of hydrogen-bond donors (Lipinski definition) is 2. The molecule has 8 nitrogen and oxygen atoms in total. The van der Waals surface area contributed by atoms with Crippen molar-refractivity contribution in [1.29, 1.82) is 0 Å². The Morgan fingerprint density at radius 3 is 2.96 bits per heavy atom. The molecule has 1 fully saturated rings. The molecule has 0 bridgehead atoms. The second-order valence-corrected chi connectivity index (χ2v) is 7.29. The van der Waals surface area contributed by atoms with Gasteiger partial charge >= 0.3 is 0 Å². The number of aromatic amines is 1. The summed E-state index contributed by atoms with van der Waals surface area (Å²) < 4.78 is 2.14. The van der Waals surface area contributed by atoms with Gasteiger partial charge in [0, 0.05) is 45.1 Å². The van der Waals surface area contributed by atoms with Crippen LogP contribution in [0.2, 0.25) is 0 Å². The standard InChI is InChI=1S/C19H24N6O2/c1-12-5-8-24(17(27)4-7-20-13(2)26)11-15(12)19-23-10-14-9-22-18-16(25(14)19)3-6-21-18/h3,6,9-10,12,15,21H,4-5,7-8,11H2,1-2H3,(H,20,26)/t12-,15+/m1/s1. The summed E-state index contributed by atoms with van der Waals surface area (Å²) in [7, 11) is 0. The zero-order chi connectivity index (χ0) is 19.0. The number of nitrogens with one attached hydrogen (secondary N) is 2. The molecule has 0 unspecified atom stereocenters. The van der Waals surface area contributed by atoms with Crippen LogP contribution in [-0.2, 0) is 9.59 Å². The number of amides is 2. The van der Waals surface area contributed by atoms with E-state index in [1.165, 1.54) is 6.92 Å². The summed E-state index contributed by atoms with van der Waals surface area (Å²) in [6, 6.07) is 2.00. The van der Waals surface area contributed by atoms with E-state index < -0.39 is 0 Å². The molecule has 0 radical (unpaired) electrons. The number of imidazole rings is 1. The fourth-order valence-corrected chi connectivity index (χ4v) is 3.90. The third-order valence-corrected chi connectivity index (χ3v) is 5.44. The Morgan fingerprint density at radius 1 is 1.33 bits per heavy atom. The van der Waals surface area contributed by atoms with Crippen LogP contribution in [0.1, 0.15) is 38.4 Å². The summed E-state index contributed by atoms with van der Waals surface area (Å²) >= 11 is 0. The van der Waals surface area contributed by atoms with Crippen molar-refractivity contribution in [1.82, 2.24) is 29.6 Å². The van der Waals surface area contributed by atoms with Crippen LogP contribution in [0.15, 0.2) is 24.7 Å². The number of fused-ring (bicyclic) bond motifs is 3. The molecule has 142 valence electrons. The number of hydrogen-bond acceptors (Lipinski definition) is 4. The number of aromatic nitrogens is 4. The monoisotopic (exact) mass is 368 g/mol. The molecule has 2 N–H and O–H groups in total. The number of nitrogens with zero attached hydrogens (tertiary/aromatic N) is 4. The molecule has 4 heterocycles. The smallest absolute Gasteiger partial charge is 0.224 e. The van der Waals surface area contributed by atoms with Gasteiger partial charge in [-0.15, -0.1) is 0 Å². The quantitative estimate of drug-likeness (QED) is 0.732. The molecule has 1 aliphatic rings. The van der Waals surface area contributed by atoms with Crippen LogP contribution in [0.25, 0.3) is 16.7 Å². The zero-order valence-electron chi connectivity index (χ0n) is 15.6. The number of H-pyrrole nitrogens is 1. The number of likely N-dealkylation sites (tertiary alicyclic amines) is 1. The number of carbonyl (C=O) groups is 2. The van der Waals surface area contributed by atoms with Crippen LogP contribution < -0.4 is 5.32 Å². The van der Waals surface area contributed by atoms with Crippen molar-refractivity contribution in [3.8, 4) is 0 Å². The first kappa shape index (κ1) is 17.5. The van der Waals surface area contributed by atoms with Gasteiger partial charge in [-0.1, -0.05) is 6.92 Å². The highest BCUT2D eigenvalue weighted by molar-refractivity contribution is 5.78. The highest BCUT2D eigenvalue weighted by Gasteiger charge is 2.32. The Hall–Kier alpha value is -2.90. The minimum atomic E-state index is -0.110. The summed E-state index contributed by atoms with van der Waals surface area (Å²) in [5, 5.41) is 2.69. The zero-order valence-corrected chi connectivity index (χ0v) is 15.6. The lowest BCUT2D eigenvalue weighted by Gasteiger charge is -2.36. The van der Waals surface area contributed by atoms with Crippen LogP contribution in [0, 0.1) is 5.92 Å². The van der Waals surface area contributed by atoms with Gasteiger partial charge in [-0.05, 0) is 18.4 Å². The van der Waals surface area contributed by atoms with Gasteiger partial charge in [0.05, 0.1) is 23.4 Å². The minimum Gasteiger partial charge on any atom is -0.356 e. The lowest BCUT2D eigenvalue weighted by atomic mass is 9.86. The number of rotatable bonds is 4. The summed E-state index contributed by atoms with van der Waals surface area (Å²) in [6.45, 7) is 5.46. The highest BCUT2D eigenvalue weighted by Crippen LogP contribution is 2.33. The second-order valence-electron chi connectivity index (χ2n) is 7.29. The molecular formula is C19H24N6O2. The van der Waals surface area contributed by atoms with E-state index in [0.29, 0.717) is 25.4 Å². The first-order valence-corrected chi connectivity index (χ1v) is 9.36. The molecule has 3 aromatic heterocycles. The first-order chi connectivity index (χ1) is 13.0. The van der Waals surface area contributed by atoms with Gasteiger partial charge in [-0.3, -0.25) is 14.0 Å². The fraction of sp³-hybridized carbons (Fsp3) is 0.474. The van der Waals surface area contributed by atoms with E-state index in [9.17, 15) is 9.59 Å². The van der Waals surface area contributed by atoms with Gasteiger partial charge < -0.3 is 15.2 Å². The van der Waals surface area contributed by atoms with Crippen molar-refractivity contribution in [3.63, 3.8) is 0 Å². The SMILES string of the molecule is CC(=O)NCCC(=O)N1CC[C@@H](C)[C@@H](c2ncc3cnc4[nH]ccc4n23)C1. The Bertz CT molecular complexity index is 991. The van der Waals surface area contributed by atoms with Crippen LogP contribution in [0.4, 0.5) is 0 Å². The van der Waals surface area contributed by atoms with Crippen molar-refractivity contribution in [2.75, 3.05) is 19.6 Å². The van der Waals surface area contributed by atoms with E-state index >= 15 is 0 Å². The number of carbonyl (C=O) groups excluding carboxylic acids is 2. The lowest BCUT2D eigenvalue weighted by molar-refractivity contribution is -0.133. The van der Waals surface area contributed by atoms with Gasteiger partial charge in [0.1, 0.15) is 5.82 Å². The molecule has 8 heteroatoms. The third kappa shape index (κ3) is 3.27. The van der Waals surface area contributed by atoms with Gasteiger partial charge in [0.2, 0.25) is 11.8 Å². The van der Waals surface area contributed by atoms with Crippen LogP contribution in [0.5, 0.6) is 0 Å². The topological polar surface area (TPSA) is 95.4 Å². The predicted octanol–water partition coefficient (Wildman–Crippen LogP) is 1.69. The molecule has 2 atom stereocenters. The molecule has 1 aliphatic heterocycles. The molecule has 2 amide bonds. The fourth-order valence-electron chi connectivity index (χ4n) is 3.90. The van der Waals surface area contributed by atoms with E-state index in [0.717, 1.165) is 35.5 Å². The van der Waals surface area contributed by atoms with Crippen LogP contribution in [-0.4, -0.2) is 55.7 Å². The highest BCUT2D eigenvalue weighted by atomic mass is 16.2. The second kappa shape index (κ2) is 7.02. The van der Waals surface area contributed by atoms with Crippen molar-refractivity contribution >= 4 is 28.5 Å². The molecule has 4 rings (SSSR count). The van der Waals surface area contributed by atoms with E-state index in [2.05, 4.69) is 26.6 Å². The summed E-state index contributed by atoms with van der Waals surface area (Å²) in [5.41, 5.74) is 2.79. The summed E-state index contributed by atoms with van der Waals surface area (Å²) in [4.78, 5) is 37.7. The average molecular weight is 368 g/mol. The van der Waals surface area contributed by atoms with E-state index in [1.807, 2.05) is 29.6 Å². The lowest BCUT2D eigenvalue weighted by Crippen LogP contribution is -2.43. The van der Waals surface area contributed by atoms with E-state index in [4.69, 9.17) is 4.98 Å². The Balaban J connectivity index is 1.59. The van der Waals surface area contributed by atoms with E-state index in [1.54, 1.807) is 0 Å². The van der Waals surface area contributed by atoms with E-state index in [-0.39, 0.29) is 17.7 Å². The maximum atomic E-state index is 12.6. The normalized spacial score (nSPS) is 20.3. The van der Waals surface area contributed by atoms with Crippen molar-refractivity contribution < 1.29 is 9.59 Å². The van der Waals surface area contributed by atoms with Crippen molar-refractivity contribution in [2.45, 2.75) is 32.6 Å². The summed E-state index contributed by atoms with van der Waals surface area (Å²) in [5.74, 6) is 1.53. The minimum absolute atomic E-state index is 0.0787. The van der Waals surface area contributed by atoms with Gasteiger partial charge in [0.15, 0.2) is 5.65 Å². The van der Waals surface area contributed by atoms with Crippen molar-refractivity contribution in [2.24, 2.45) is 5.92 Å². The molecule has 0 aliphatic carbocycles. The Kier molecular flexibility index (Phi) is 4.55. The van der Waals surface area contributed by atoms with Gasteiger partial charge in [0.25, 0.3) is 0 Å².